The minimum Gasteiger partial charge on any atom is -0.317 e. The molecular weight excluding hydrogens is 306 g/mol. The highest BCUT2D eigenvalue weighted by molar-refractivity contribution is 5.92. The lowest BCUT2D eigenvalue weighted by Crippen LogP contribution is -2.34. The van der Waals surface area contributed by atoms with Crippen LogP contribution < -0.4 is 5.32 Å². The van der Waals surface area contributed by atoms with Crippen LogP contribution in [0.4, 0.5) is 16.2 Å². The topological polar surface area (TPSA) is 75.5 Å². The van der Waals surface area contributed by atoms with E-state index in [9.17, 15) is 14.9 Å². The third-order valence-electron chi connectivity index (χ3n) is 4.40. The molecule has 1 aliphatic rings. The molecule has 3 rings (SSSR count). The molecule has 2 amide bonds. The Labute approximate surface area is 140 Å². The van der Waals surface area contributed by atoms with Gasteiger partial charge in [0.05, 0.1) is 11.0 Å². The van der Waals surface area contributed by atoms with Crippen LogP contribution in [-0.4, -0.2) is 22.4 Å². The van der Waals surface area contributed by atoms with Gasteiger partial charge in [-0.2, -0.15) is 0 Å². The summed E-state index contributed by atoms with van der Waals surface area (Å²) in [6, 6.07) is 13.9. The number of urea groups is 1. The molecule has 1 atom stereocenters. The Hall–Kier alpha value is -2.89. The zero-order valence-corrected chi connectivity index (χ0v) is 13.4. The number of aryl methyl sites for hydroxylation is 1. The van der Waals surface area contributed by atoms with Gasteiger partial charge in [-0.05, 0) is 37.0 Å². The first-order valence-electron chi connectivity index (χ1n) is 7.94. The first-order valence-corrected chi connectivity index (χ1v) is 7.94. The quantitative estimate of drug-likeness (QED) is 0.676. The number of hydrogen-bond acceptors (Lipinski definition) is 3. The minimum atomic E-state index is -0.488. The number of likely N-dealkylation sites (tertiary alicyclic amines) is 1. The zero-order valence-electron chi connectivity index (χ0n) is 13.4. The number of amides is 2. The van der Waals surface area contributed by atoms with Crippen LogP contribution in [0.2, 0.25) is 0 Å². The molecule has 2 aromatic rings. The second-order valence-corrected chi connectivity index (χ2v) is 5.91. The van der Waals surface area contributed by atoms with Crippen molar-refractivity contribution >= 4 is 17.4 Å². The minimum absolute atomic E-state index is 0.00830. The molecule has 1 heterocycles. The molecule has 6 nitrogen and oxygen atoms in total. The maximum absolute atomic E-state index is 12.7. The highest BCUT2D eigenvalue weighted by atomic mass is 16.6. The normalized spacial score (nSPS) is 16.9. The van der Waals surface area contributed by atoms with Crippen LogP contribution >= 0.6 is 0 Å². The van der Waals surface area contributed by atoms with Gasteiger partial charge in [0, 0.05) is 12.6 Å². The zero-order chi connectivity index (χ0) is 17.1. The lowest BCUT2D eigenvalue weighted by molar-refractivity contribution is -0.383. The summed E-state index contributed by atoms with van der Waals surface area (Å²) in [5, 5.41) is 13.8. The van der Waals surface area contributed by atoms with Crippen molar-refractivity contribution in [3.63, 3.8) is 0 Å². The predicted octanol–water partition coefficient (Wildman–Crippen LogP) is 4.27. The molecule has 0 spiro atoms. The third-order valence-corrected chi connectivity index (χ3v) is 4.40. The molecule has 0 saturated carbocycles. The smallest absolute Gasteiger partial charge is 0.317 e. The van der Waals surface area contributed by atoms with Crippen molar-refractivity contribution in [2.24, 2.45) is 0 Å². The average molecular weight is 325 g/mol. The van der Waals surface area contributed by atoms with Crippen molar-refractivity contribution in [2.45, 2.75) is 25.8 Å². The van der Waals surface area contributed by atoms with Crippen LogP contribution in [0, 0.1) is 17.0 Å². The Kier molecular flexibility index (Phi) is 4.46. The number of nitro benzene ring substituents is 1. The Bertz CT molecular complexity index is 776. The van der Waals surface area contributed by atoms with E-state index in [2.05, 4.69) is 5.32 Å². The number of carbonyl (C=O) groups is 1. The van der Waals surface area contributed by atoms with E-state index in [0.29, 0.717) is 6.54 Å². The highest BCUT2D eigenvalue weighted by Gasteiger charge is 2.31. The molecule has 6 heteroatoms. The Morgan fingerprint density at radius 2 is 1.92 bits per heavy atom. The van der Waals surface area contributed by atoms with Crippen LogP contribution in [0.15, 0.2) is 48.5 Å². The number of rotatable bonds is 3. The summed E-state index contributed by atoms with van der Waals surface area (Å²) in [7, 11) is 0. The summed E-state index contributed by atoms with van der Waals surface area (Å²) in [6.07, 6.45) is 1.82. The number of para-hydroxylation sites is 2. The third kappa shape index (κ3) is 3.08. The summed E-state index contributed by atoms with van der Waals surface area (Å²) in [5.41, 5.74) is 2.40. The van der Waals surface area contributed by atoms with Crippen molar-refractivity contribution in [2.75, 3.05) is 11.9 Å². The molecule has 0 unspecified atom stereocenters. The molecule has 0 radical (unpaired) electrons. The van der Waals surface area contributed by atoms with Gasteiger partial charge < -0.3 is 10.2 Å². The number of nitrogens with zero attached hydrogens (tertiary/aromatic N) is 2. The maximum atomic E-state index is 12.7. The van der Waals surface area contributed by atoms with Gasteiger partial charge in [-0.25, -0.2) is 4.79 Å². The van der Waals surface area contributed by atoms with Crippen molar-refractivity contribution < 1.29 is 9.72 Å². The SMILES string of the molecule is Cc1ccccc1[C@@H]1CCCN1C(=O)Nc1ccccc1[N+](=O)[O-]. The summed E-state index contributed by atoms with van der Waals surface area (Å²) in [4.78, 5) is 25.0. The lowest BCUT2D eigenvalue weighted by atomic mass is 9.99. The molecule has 2 aromatic carbocycles. The van der Waals surface area contributed by atoms with E-state index in [1.54, 1.807) is 23.1 Å². The monoisotopic (exact) mass is 325 g/mol. The van der Waals surface area contributed by atoms with Gasteiger partial charge >= 0.3 is 6.03 Å². The number of nitrogens with one attached hydrogen (secondary N) is 1. The molecule has 0 aromatic heterocycles. The van der Waals surface area contributed by atoms with Gasteiger partial charge in [-0.1, -0.05) is 36.4 Å². The fraction of sp³-hybridized carbons (Fsp3) is 0.278. The molecule has 0 aliphatic carbocycles. The van der Waals surface area contributed by atoms with E-state index in [1.807, 2.05) is 31.2 Å². The van der Waals surface area contributed by atoms with E-state index in [-0.39, 0.29) is 23.4 Å². The standard InChI is InChI=1S/C18H19N3O3/c1-13-7-2-3-8-14(13)16-11-6-12-20(16)18(22)19-15-9-4-5-10-17(15)21(23)24/h2-5,7-10,16H,6,11-12H2,1H3,(H,19,22)/t16-/m0/s1. The number of anilines is 1. The van der Waals surface area contributed by atoms with Gasteiger partial charge in [-0.3, -0.25) is 10.1 Å². The van der Waals surface area contributed by atoms with Gasteiger partial charge in [-0.15, -0.1) is 0 Å². The van der Waals surface area contributed by atoms with Crippen molar-refractivity contribution in [1.82, 2.24) is 4.90 Å². The molecule has 1 fully saturated rings. The van der Waals surface area contributed by atoms with Crippen molar-refractivity contribution in [1.29, 1.82) is 0 Å². The highest BCUT2D eigenvalue weighted by Crippen LogP contribution is 2.34. The maximum Gasteiger partial charge on any atom is 0.322 e. The summed E-state index contributed by atoms with van der Waals surface area (Å²) < 4.78 is 0. The molecule has 124 valence electrons. The average Bonchev–Trinajstić information content (AvgIpc) is 3.05. The van der Waals surface area contributed by atoms with Crippen LogP contribution in [0.5, 0.6) is 0 Å². The van der Waals surface area contributed by atoms with Crippen molar-refractivity contribution in [3.8, 4) is 0 Å². The number of hydrogen-bond donors (Lipinski definition) is 1. The second-order valence-electron chi connectivity index (χ2n) is 5.91. The van der Waals surface area contributed by atoms with E-state index in [4.69, 9.17) is 0 Å². The molecule has 1 N–H and O–H groups in total. The van der Waals surface area contributed by atoms with E-state index in [1.165, 1.54) is 6.07 Å². The first kappa shape index (κ1) is 16.0. The number of carbonyl (C=O) groups excluding carboxylic acids is 1. The Morgan fingerprint density at radius 1 is 1.21 bits per heavy atom. The molecule has 1 aliphatic heterocycles. The van der Waals surface area contributed by atoms with E-state index in [0.717, 1.165) is 24.0 Å². The molecule has 1 saturated heterocycles. The molecule has 24 heavy (non-hydrogen) atoms. The van der Waals surface area contributed by atoms with Gasteiger partial charge in [0.2, 0.25) is 0 Å². The summed E-state index contributed by atoms with van der Waals surface area (Å²) in [5.74, 6) is 0. The van der Waals surface area contributed by atoms with Crippen LogP contribution in [0.3, 0.4) is 0 Å². The van der Waals surface area contributed by atoms with Gasteiger partial charge in [0.1, 0.15) is 5.69 Å². The van der Waals surface area contributed by atoms with Crippen LogP contribution in [0.25, 0.3) is 0 Å². The summed E-state index contributed by atoms with van der Waals surface area (Å²) >= 11 is 0. The van der Waals surface area contributed by atoms with E-state index >= 15 is 0 Å². The lowest BCUT2D eigenvalue weighted by Gasteiger charge is -2.26. The van der Waals surface area contributed by atoms with E-state index < -0.39 is 4.92 Å². The molecule has 0 bridgehead atoms. The number of nitro groups is 1. The largest absolute Gasteiger partial charge is 0.322 e. The van der Waals surface area contributed by atoms with Crippen LogP contribution in [0.1, 0.15) is 30.0 Å². The van der Waals surface area contributed by atoms with Gasteiger partial charge in [0.25, 0.3) is 5.69 Å². The number of benzene rings is 2. The van der Waals surface area contributed by atoms with Crippen LogP contribution in [-0.2, 0) is 0 Å². The Morgan fingerprint density at radius 3 is 2.67 bits per heavy atom. The predicted molar refractivity (Wildman–Crippen MR) is 92.0 cm³/mol. The Balaban J connectivity index is 1.82. The van der Waals surface area contributed by atoms with Gasteiger partial charge in [0.15, 0.2) is 0 Å². The summed E-state index contributed by atoms with van der Waals surface area (Å²) in [6.45, 7) is 2.68. The fourth-order valence-corrected chi connectivity index (χ4v) is 3.22. The fourth-order valence-electron chi connectivity index (χ4n) is 3.22. The van der Waals surface area contributed by atoms with Crippen molar-refractivity contribution in [3.05, 3.63) is 69.8 Å². The second kappa shape index (κ2) is 6.70. The molecular formula is C18H19N3O3. The first-order chi connectivity index (χ1) is 11.6.